The third kappa shape index (κ3) is 2.28. The minimum atomic E-state index is -4.71. The Balaban J connectivity index is 1.74. The number of hydrogen-bond donors (Lipinski definition) is 2. The number of Topliss-reactive ketones (excluding diaryl/α,β-unsaturated/α-hetero) is 1. The molecule has 0 radical (unpaired) electrons. The van der Waals surface area contributed by atoms with Gasteiger partial charge in [0.05, 0.1) is 28.1 Å². The highest BCUT2D eigenvalue weighted by atomic mass is 32.3. The number of fused-ring (bicyclic) bond motifs is 5. The summed E-state index contributed by atoms with van der Waals surface area (Å²) < 4.78 is 62.1. The van der Waals surface area contributed by atoms with Gasteiger partial charge in [-0.3, -0.25) is 18.2 Å². The Labute approximate surface area is 143 Å². The normalized spacial score (nSPS) is 34.1. The summed E-state index contributed by atoms with van der Waals surface area (Å²) >= 11 is 0. The molecule has 2 aliphatic carbocycles. The summed E-state index contributed by atoms with van der Waals surface area (Å²) in [4.78, 5) is 12.0. The van der Waals surface area contributed by atoms with Crippen LogP contribution >= 0.6 is 10.8 Å². The van der Waals surface area contributed by atoms with Crippen LogP contribution in [0.2, 0.25) is 0 Å². The number of benzene rings is 1. The van der Waals surface area contributed by atoms with Crippen LogP contribution in [0, 0.1) is 29.1 Å². The third-order valence-corrected chi connectivity index (χ3v) is 8.06. The van der Waals surface area contributed by atoms with E-state index >= 15 is 0 Å². The number of rotatable bonds is 1. The van der Waals surface area contributed by atoms with Gasteiger partial charge in [-0.1, -0.05) is 0 Å². The van der Waals surface area contributed by atoms with Crippen LogP contribution in [-0.4, -0.2) is 26.7 Å². The SMILES string of the molecule is N#Cc1ccc(N2C[C@H]3[C@H]4CC(=O)[C@H](C4)[C@H]3S2(O)O)cc1C(F)(F)F. The third-order valence-electron chi connectivity index (χ3n) is 5.64. The first-order valence-electron chi connectivity index (χ1n) is 7.83. The van der Waals surface area contributed by atoms with Crippen molar-refractivity contribution in [3.8, 4) is 6.07 Å². The molecule has 0 amide bonds. The number of carbonyl (C=O) groups excluding carboxylic acids is 1. The molecule has 5 nitrogen and oxygen atoms in total. The topological polar surface area (TPSA) is 84.6 Å². The van der Waals surface area contributed by atoms with E-state index in [2.05, 4.69) is 0 Å². The monoisotopic (exact) mass is 372 g/mol. The van der Waals surface area contributed by atoms with E-state index in [1.807, 2.05) is 0 Å². The van der Waals surface area contributed by atoms with Crippen molar-refractivity contribution in [3.63, 3.8) is 0 Å². The van der Waals surface area contributed by atoms with Crippen molar-refractivity contribution in [1.82, 2.24) is 0 Å². The van der Waals surface area contributed by atoms with Crippen LogP contribution in [0.3, 0.4) is 0 Å². The molecule has 134 valence electrons. The average molecular weight is 372 g/mol. The summed E-state index contributed by atoms with van der Waals surface area (Å²) in [5, 5.41) is 8.28. The Morgan fingerprint density at radius 1 is 1.32 bits per heavy atom. The van der Waals surface area contributed by atoms with E-state index in [1.165, 1.54) is 16.4 Å². The first-order chi connectivity index (χ1) is 11.6. The smallest absolute Gasteiger partial charge is 0.299 e. The lowest BCUT2D eigenvalue weighted by atomic mass is 9.87. The molecule has 1 aromatic rings. The quantitative estimate of drug-likeness (QED) is 0.786. The van der Waals surface area contributed by atoms with Gasteiger partial charge in [0, 0.05) is 24.8 Å². The summed E-state index contributed by atoms with van der Waals surface area (Å²) in [6.45, 7) is 0.213. The summed E-state index contributed by atoms with van der Waals surface area (Å²) in [7, 11) is -3.40. The second-order valence-electron chi connectivity index (χ2n) is 6.86. The van der Waals surface area contributed by atoms with Gasteiger partial charge in [-0.25, -0.2) is 0 Å². The van der Waals surface area contributed by atoms with Gasteiger partial charge in [-0.05, 0) is 30.5 Å². The number of alkyl halides is 3. The number of halogens is 3. The molecule has 25 heavy (non-hydrogen) atoms. The number of nitrogens with zero attached hydrogens (tertiary/aromatic N) is 2. The first kappa shape index (κ1) is 16.7. The number of anilines is 1. The molecular weight excluding hydrogens is 357 g/mol. The maximum Gasteiger partial charge on any atom is 0.417 e. The highest BCUT2D eigenvalue weighted by molar-refractivity contribution is 8.26. The zero-order valence-corrected chi connectivity index (χ0v) is 13.7. The lowest BCUT2D eigenvalue weighted by molar-refractivity contribution is -0.137. The Bertz CT molecular complexity index is 805. The van der Waals surface area contributed by atoms with Crippen molar-refractivity contribution in [1.29, 1.82) is 5.26 Å². The van der Waals surface area contributed by atoms with Crippen LogP contribution in [0.5, 0.6) is 0 Å². The molecule has 1 saturated heterocycles. The molecule has 2 N–H and O–H groups in total. The molecule has 0 spiro atoms. The molecule has 2 saturated carbocycles. The Morgan fingerprint density at radius 3 is 2.68 bits per heavy atom. The van der Waals surface area contributed by atoms with Crippen molar-refractivity contribution in [2.24, 2.45) is 17.8 Å². The van der Waals surface area contributed by atoms with Crippen LogP contribution in [0.4, 0.5) is 18.9 Å². The van der Waals surface area contributed by atoms with Crippen molar-refractivity contribution in [2.45, 2.75) is 24.3 Å². The van der Waals surface area contributed by atoms with Crippen molar-refractivity contribution >= 4 is 22.2 Å². The number of carbonyl (C=O) groups is 1. The fraction of sp³-hybridized carbons (Fsp3) is 0.500. The van der Waals surface area contributed by atoms with Gasteiger partial charge in [0.1, 0.15) is 5.78 Å². The number of ketones is 1. The molecule has 4 rings (SSSR count). The minimum absolute atomic E-state index is 0.0175. The Kier molecular flexibility index (Phi) is 3.42. The molecule has 3 fully saturated rings. The standard InChI is InChI=1S/C16H15F3N2O3S/c17-16(18,19)13-5-10(2-1-8(13)6-20)21-7-12-9-3-11(14(22)4-9)15(12)25(21,23)24/h1-2,5,9,11-12,15,23-24H,3-4,7H2/t9-,11+,12+,15-/m1/s1. The molecule has 1 heterocycles. The summed E-state index contributed by atoms with van der Waals surface area (Å²) in [6.07, 6.45) is -3.66. The average Bonchev–Trinajstić information content (AvgIpc) is 3.15. The minimum Gasteiger partial charge on any atom is -0.299 e. The van der Waals surface area contributed by atoms with Crippen molar-refractivity contribution in [3.05, 3.63) is 29.3 Å². The summed E-state index contributed by atoms with van der Waals surface area (Å²) in [6, 6.07) is 4.64. The Morgan fingerprint density at radius 2 is 2.04 bits per heavy atom. The van der Waals surface area contributed by atoms with Gasteiger partial charge < -0.3 is 0 Å². The number of nitriles is 1. The zero-order valence-electron chi connectivity index (χ0n) is 12.9. The van der Waals surface area contributed by atoms with Gasteiger partial charge in [0.2, 0.25) is 0 Å². The van der Waals surface area contributed by atoms with Gasteiger partial charge in [-0.15, -0.1) is 10.8 Å². The van der Waals surface area contributed by atoms with E-state index < -0.39 is 39.2 Å². The van der Waals surface area contributed by atoms with Crippen LogP contribution in [0.1, 0.15) is 24.0 Å². The fourth-order valence-electron chi connectivity index (χ4n) is 4.60. The van der Waals surface area contributed by atoms with E-state index in [1.54, 1.807) is 0 Å². The first-order valence-corrected chi connectivity index (χ1v) is 9.40. The van der Waals surface area contributed by atoms with E-state index in [9.17, 15) is 27.1 Å². The predicted octanol–water partition coefficient (Wildman–Crippen LogP) is 3.66. The van der Waals surface area contributed by atoms with E-state index in [0.29, 0.717) is 12.8 Å². The lowest BCUT2D eigenvalue weighted by Crippen LogP contribution is -2.33. The van der Waals surface area contributed by atoms with E-state index in [4.69, 9.17) is 5.26 Å². The van der Waals surface area contributed by atoms with Gasteiger partial charge in [0.25, 0.3) is 0 Å². The van der Waals surface area contributed by atoms with Crippen LogP contribution in [-0.2, 0) is 11.0 Å². The zero-order chi connectivity index (χ0) is 18.1. The highest BCUT2D eigenvalue weighted by Gasteiger charge is 2.62. The predicted molar refractivity (Wildman–Crippen MR) is 84.9 cm³/mol. The molecular formula is C16H15F3N2O3S. The number of hydrogen-bond acceptors (Lipinski definition) is 5. The molecule has 9 heteroatoms. The molecule has 1 aliphatic heterocycles. The second-order valence-corrected chi connectivity index (χ2v) is 8.97. The highest BCUT2D eigenvalue weighted by Crippen LogP contribution is 2.68. The van der Waals surface area contributed by atoms with E-state index in [-0.39, 0.29) is 29.9 Å². The summed E-state index contributed by atoms with van der Waals surface area (Å²) in [5.74, 6) is -0.425. The molecule has 1 aromatic carbocycles. The van der Waals surface area contributed by atoms with Crippen molar-refractivity contribution in [2.75, 3.05) is 10.8 Å². The van der Waals surface area contributed by atoms with E-state index in [0.717, 1.165) is 12.1 Å². The van der Waals surface area contributed by atoms with Gasteiger partial charge >= 0.3 is 6.18 Å². The summed E-state index contributed by atoms with van der Waals surface area (Å²) in [5.41, 5.74) is -1.59. The molecule has 2 bridgehead atoms. The lowest BCUT2D eigenvalue weighted by Gasteiger charge is -2.44. The fourth-order valence-corrected chi connectivity index (χ4v) is 7.19. The molecule has 4 atom stereocenters. The second kappa shape index (κ2) is 5.13. The largest absolute Gasteiger partial charge is 0.417 e. The van der Waals surface area contributed by atoms with Gasteiger partial charge in [-0.2, -0.15) is 18.4 Å². The van der Waals surface area contributed by atoms with Crippen LogP contribution in [0.25, 0.3) is 0 Å². The molecule has 3 aliphatic rings. The maximum atomic E-state index is 13.2. The maximum absolute atomic E-state index is 13.2. The molecule has 0 unspecified atom stereocenters. The van der Waals surface area contributed by atoms with Crippen LogP contribution in [0.15, 0.2) is 18.2 Å². The Hall–Kier alpha value is -1.76. The molecule has 0 aromatic heterocycles. The van der Waals surface area contributed by atoms with Gasteiger partial charge in [0.15, 0.2) is 0 Å². The van der Waals surface area contributed by atoms with Crippen molar-refractivity contribution < 1.29 is 27.1 Å². The van der Waals surface area contributed by atoms with Crippen LogP contribution < -0.4 is 4.31 Å².